The quantitative estimate of drug-likeness (QED) is 0.688. The first kappa shape index (κ1) is 7.72. The van der Waals surface area contributed by atoms with E-state index in [1.165, 1.54) is 13.4 Å². The molecule has 2 heterocycles. The molecule has 0 bridgehead atoms. The predicted molar refractivity (Wildman–Crippen MR) is 44.1 cm³/mol. The van der Waals surface area contributed by atoms with E-state index in [0.717, 1.165) is 0 Å². The lowest BCUT2D eigenvalue weighted by Crippen LogP contribution is -1.92. The second kappa shape index (κ2) is 3.22. The van der Waals surface area contributed by atoms with Gasteiger partial charge in [-0.25, -0.2) is 9.97 Å². The van der Waals surface area contributed by atoms with E-state index in [4.69, 9.17) is 9.15 Å². The highest BCUT2D eigenvalue weighted by Gasteiger charge is 2.05. The van der Waals surface area contributed by atoms with E-state index in [9.17, 15) is 0 Å². The fourth-order valence-electron chi connectivity index (χ4n) is 0.908. The van der Waals surface area contributed by atoms with Crippen LogP contribution in [0.15, 0.2) is 29.1 Å². The van der Waals surface area contributed by atoms with Gasteiger partial charge in [0.25, 0.3) is 0 Å². The van der Waals surface area contributed by atoms with Gasteiger partial charge in [-0.1, -0.05) is 0 Å². The van der Waals surface area contributed by atoms with Crippen LogP contribution in [0.25, 0.3) is 11.6 Å². The average molecular weight is 177 g/mol. The van der Waals surface area contributed by atoms with Crippen molar-refractivity contribution in [3.05, 3.63) is 24.7 Å². The molecule has 0 N–H and O–H groups in total. The summed E-state index contributed by atoms with van der Waals surface area (Å²) in [4.78, 5) is 11.9. The van der Waals surface area contributed by atoms with Crippen LogP contribution in [0.1, 0.15) is 0 Å². The number of aromatic nitrogens is 3. The zero-order chi connectivity index (χ0) is 9.10. The van der Waals surface area contributed by atoms with Gasteiger partial charge in [0, 0.05) is 6.20 Å². The van der Waals surface area contributed by atoms with E-state index in [0.29, 0.717) is 17.6 Å². The van der Waals surface area contributed by atoms with Crippen LogP contribution < -0.4 is 4.74 Å². The van der Waals surface area contributed by atoms with Crippen molar-refractivity contribution in [2.24, 2.45) is 0 Å². The zero-order valence-corrected chi connectivity index (χ0v) is 6.97. The molecule has 0 fully saturated rings. The fraction of sp³-hybridized carbons (Fsp3) is 0.125. The second-order valence-corrected chi connectivity index (χ2v) is 2.27. The molecule has 0 saturated heterocycles. The van der Waals surface area contributed by atoms with Crippen molar-refractivity contribution in [2.75, 3.05) is 7.11 Å². The normalized spacial score (nSPS) is 9.92. The van der Waals surface area contributed by atoms with E-state index in [-0.39, 0.29) is 0 Å². The summed E-state index contributed by atoms with van der Waals surface area (Å²) in [5, 5.41) is 0. The van der Waals surface area contributed by atoms with E-state index < -0.39 is 0 Å². The molecular formula is C8H7N3O2. The second-order valence-electron chi connectivity index (χ2n) is 2.27. The Morgan fingerprint density at radius 3 is 2.92 bits per heavy atom. The minimum Gasteiger partial charge on any atom is -0.467 e. The molecule has 0 aliphatic rings. The lowest BCUT2D eigenvalue weighted by Gasteiger charge is -1.97. The van der Waals surface area contributed by atoms with E-state index in [2.05, 4.69) is 15.0 Å². The van der Waals surface area contributed by atoms with E-state index in [1.807, 2.05) is 0 Å². The number of methoxy groups -OCH3 is 1. The smallest absolute Gasteiger partial charge is 0.316 e. The molecule has 0 saturated carbocycles. The average Bonchev–Trinajstić information content (AvgIpc) is 2.71. The van der Waals surface area contributed by atoms with Crippen molar-refractivity contribution in [1.82, 2.24) is 15.0 Å². The maximum atomic E-state index is 5.06. The SMILES string of the molecule is COc1nccc(-c2ncco2)n1. The Kier molecular flexibility index (Phi) is 1.91. The van der Waals surface area contributed by atoms with Gasteiger partial charge in [0.2, 0.25) is 5.89 Å². The molecule has 2 rings (SSSR count). The van der Waals surface area contributed by atoms with Crippen LogP contribution in [0, 0.1) is 0 Å². The Hall–Kier alpha value is -1.91. The van der Waals surface area contributed by atoms with Gasteiger partial charge in [0.1, 0.15) is 12.0 Å². The van der Waals surface area contributed by atoms with E-state index >= 15 is 0 Å². The monoisotopic (exact) mass is 177 g/mol. The van der Waals surface area contributed by atoms with Crippen LogP contribution in [0.4, 0.5) is 0 Å². The molecule has 0 unspecified atom stereocenters. The maximum absolute atomic E-state index is 5.06. The molecule has 2 aromatic heterocycles. The summed E-state index contributed by atoms with van der Waals surface area (Å²) in [6.45, 7) is 0. The Morgan fingerprint density at radius 1 is 1.31 bits per heavy atom. The van der Waals surface area contributed by atoms with Gasteiger partial charge in [0.15, 0.2) is 0 Å². The molecule has 5 heteroatoms. The summed E-state index contributed by atoms with van der Waals surface area (Å²) in [6.07, 6.45) is 4.64. The lowest BCUT2D eigenvalue weighted by molar-refractivity contribution is 0.379. The Bertz CT molecular complexity index is 386. The van der Waals surface area contributed by atoms with Crippen molar-refractivity contribution >= 4 is 0 Å². The highest BCUT2D eigenvalue weighted by atomic mass is 16.5. The first-order chi connectivity index (χ1) is 6.40. The molecular weight excluding hydrogens is 170 g/mol. The molecule has 0 aliphatic carbocycles. The third kappa shape index (κ3) is 1.48. The minimum atomic E-state index is 0.302. The minimum absolute atomic E-state index is 0.302. The largest absolute Gasteiger partial charge is 0.467 e. The molecule has 13 heavy (non-hydrogen) atoms. The van der Waals surface area contributed by atoms with Crippen LogP contribution in [0.5, 0.6) is 6.01 Å². The van der Waals surface area contributed by atoms with Gasteiger partial charge < -0.3 is 9.15 Å². The summed E-state index contributed by atoms with van der Waals surface area (Å²) in [5.41, 5.74) is 0.608. The third-order valence-corrected chi connectivity index (χ3v) is 1.47. The van der Waals surface area contributed by atoms with Crippen molar-refractivity contribution in [3.63, 3.8) is 0 Å². The van der Waals surface area contributed by atoms with Crippen LogP contribution in [-0.4, -0.2) is 22.1 Å². The molecule has 0 aromatic carbocycles. The number of rotatable bonds is 2. The molecule has 0 amide bonds. The lowest BCUT2D eigenvalue weighted by atomic mass is 10.4. The van der Waals surface area contributed by atoms with Gasteiger partial charge in [0.05, 0.1) is 13.3 Å². The van der Waals surface area contributed by atoms with E-state index in [1.54, 1.807) is 18.5 Å². The zero-order valence-electron chi connectivity index (χ0n) is 6.97. The van der Waals surface area contributed by atoms with Gasteiger partial charge in [-0.2, -0.15) is 4.98 Å². The molecule has 0 radical (unpaired) electrons. The summed E-state index contributed by atoms with van der Waals surface area (Å²) >= 11 is 0. The fourth-order valence-corrected chi connectivity index (χ4v) is 0.908. The van der Waals surface area contributed by atoms with Crippen LogP contribution in [0.2, 0.25) is 0 Å². The van der Waals surface area contributed by atoms with Crippen LogP contribution in [-0.2, 0) is 0 Å². The summed E-state index contributed by atoms with van der Waals surface area (Å²) < 4.78 is 9.92. The molecule has 0 aliphatic heterocycles. The molecule has 0 atom stereocenters. The first-order valence-corrected chi connectivity index (χ1v) is 3.67. The maximum Gasteiger partial charge on any atom is 0.316 e. The molecule has 66 valence electrons. The highest BCUT2D eigenvalue weighted by molar-refractivity contribution is 5.45. The highest BCUT2D eigenvalue weighted by Crippen LogP contribution is 2.14. The standard InChI is InChI=1S/C8H7N3O2/c1-12-8-10-3-2-6(11-8)7-9-4-5-13-7/h2-5H,1H3. The molecule has 5 nitrogen and oxygen atoms in total. The molecule has 0 spiro atoms. The van der Waals surface area contributed by atoms with Crippen molar-refractivity contribution < 1.29 is 9.15 Å². The van der Waals surface area contributed by atoms with Crippen LogP contribution >= 0.6 is 0 Å². The number of ether oxygens (including phenoxy) is 1. The molecule has 2 aromatic rings. The number of oxazole rings is 1. The van der Waals surface area contributed by atoms with Crippen molar-refractivity contribution in [2.45, 2.75) is 0 Å². The Labute approximate surface area is 74.4 Å². The number of nitrogens with zero attached hydrogens (tertiary/aromatic N) is 3. The topological polar surface area (TPSA) is 61.0 Å². The third-order valence-electron chi connectivity index (χ3n) is 1.47. The van der Waals surface area contributed by atoms with Crippen LogP contribution in [0.3, 0.4) is 0 Å². The predicted octanol–water partition coefficient (Wildman–Crippen LogP) is 1.14. The van der Waals surface area contributed by atoms with Crippen molar-refractivity contribution in [1.29, 1.82) is 0 Å². The van der Waals surface area contributed by atoms with Gasteiger partial charge in [-0.15, -0.1) is 0 Å². The van der Waals surface area contributed by atoms with Gasteiger partial charge >= 0.3 is 6.01 Å². The summed E-state index contributed by atoms with van der Waals surface area (Å²) in [5.74, 6) is 0.459. The van der Waals surface area contributed by atoms with Gasteiger partial charge in [-0.3, -0.25) is 0 Å². The summed E-state index contributed by atoms with van der Waals surface area (Å²) in [6, 6.07) is 2.00. The Balaban J connectivity index is 2.41. The van der Waals surface area contributed by atoms with Gasteiger partial charge in [-0.05, 0) is 6.07 Å². The first-order valence-electron chi connectivity index (χ1n) is 3.67. The Morgan fingerprint density at radius 2 is 2.23 bits per heavy atom. The number of hydrogen-bond donors (Lipinski definition) is 0. The number of hydrogen-bond acceptors (Lipinski definition) is 5. The summed E-state index contributed by atoms with van der Waals surface area (Å²) in [7, 11) is 1.51. The van der Waals surface area contributed by atoms with Crippen molar-refractivity contribution in [3.8, 4) is 17.6 Å².